The lowest BCUT2D eigenvalue weighted by Gasteiger charge is -2.71. The van der Waals surface area contributed by atoms with Gasteiger partial charge in [0.15, 0.2) is 31.5 Å². The average Bonchev–Trinajstić information content (AvgIpc) is 1.25. The molecule has 0 radical (unpaired) electrons. The normalized spacial score (nSPS) is 53.0. The fourth-order valence-corrected chi connectivity index (χ4v) is 17.2. The molecule has 9 fully saturated rings. The van der Waals surface area contributed by atoms with E-state index in [2.05, 4.69) is 40.7 Å². The fourth-order valence-electron chi connectivity index (χ4n) is 17.2. The summed E-state index contributed by atoms with van der Waals surface area (Å²) >= 11 is 0. The second-order valence-corrected chi connectivity index (χ2v) is 27.7. The minimum Gasteiger partial charge on any atom is -0.394 e. The van der Waals surface area contributed by atoms with Gasteiger partial charge < -0.3 is 129 Å². The second-order valence-electron chi connectivity index (χ2n) is 27.7. The first-order valence-electron chi connectivity index (χ1n) is 30.2. The molecule has 4 aliphatic carbocycles. The van der Waals surface area contributed by atoms with Crippen molar-refractivity contribution in [2.45, 2.75) is 272 Å². The van der Waals surface area contributed by atoms with Crippen molar-refractivity contribution in [2.24, 2.45) is 45.3 Å². The van der Waals surface area contributed by atoms with Gasteiger partial charge in [0.1, 0.15) is 110 Å². The number of ether oxygens (including phenoxy) is 10. The summed E-state index contributed by atoms with van der Waals surface area (Å²) < 4.78 is 60.3. The highest BCUT2D eigenvalue weighted by Crippen LogP contribution is 2.76. The Morgan fingerprint density at radius 2 is 1.11 bits per heavy atom. The lowest BCUT2D eigenvalue weighted by atomic mass is 9.35. The van der Waals surface area contributed by atoms with Gasteiger partial charge in [0.25, 0.3) is 0 Å². The van der Waals surface area contributed by atoms with E-state index in [1.165, 1.54) is 0 Å². The standard InChI is InChI=1S/C58H98O26/c1-24(2)10-9-14-58(8,84-52-47(74)42(69)39(66)30(81-52)22-76-49-45(72)40(67)31(23-77-49)80-50-44(71)36(63)27(62)21-75-50)25-11-16-57(7)35(25)26(61)18-33-55(5)15-13-34(54(3,4)32(55)12-17-56(33,57)6)82-53-48(43(70)38(65)29(20-60)79-53)83-51-46(73)41(68)37(64)28(19-59)78-51/h10,25-53,59-74H,9,11-23H2,1-8H3/t25?,26?,27-,28-,29-,30-,31+,32?,33?,34?,35?,36+,37-,38-,39-,40+,41+,42+,43+,44-,45-,46-,47-,48-,49-,50?,51+,52+,53+,55?,56?,57?,58?/m1/s1. The number of aliphatic hydroxyl groups excluding tert-OH is 16. The molecular weight excluding hydrogens is 1110 g/mol. The summed E-state index contributed by atoms with van der Waals surface area (Å²) in [5.74, 6) is -0.533. The van der Waals surface area contributed by atoms with Crippen LogP contribution in [-0.4, -0.2) is 274 Å². The molecule has 9 aliphatic rings. The zero-order valence-corrected chi connectivity index (χ0v) is 49.5. The Labute approximate surface area is 490 Å². The van der Waals surface area contributed by atoms with Gasteiger partial charge in [-0.3, -0.25) is 0 Å². The van der Waals surface area contributed by atoms with Crippen molar-refractivity contribution in [2.75, 3.05) is 33.0 Å². The molecule has 84 heavy (non-hydrogen) atoms. The van der Waals surface area contributed by atoms with E-state index in [0.717, 1.165) is 24.8 Å². The SMILES string of the molecule is CC(C)=CCCC(C)(O[C@@H]1O[C@H](CO[C@@H]2OC[C@H](OC3OC[C@@H](O)[C@H](O)[C@H]3O)[C@H](O)[C@H]2O)[C@@H](O)[C@H](O)[C@H]1O)C1CCC2(C)C1C(O)CC1C3(C)CCC(O[C@@H]4O[C@H](CO)[C@@H](O)[C@H](O)[C@H]4O[C@@H]4O[C@H](CO)[C@@H](O)[C@H](O)[C@H]4O)C(C)(C)C3CCC12C. The Morgan fingerprint density at radius 3 is 1.76 bits per heavy atom. The van der Waals surface area contributed by atoms with Crippen molar-refractivity contribution < 1.29 is 129 Å². The third-order valence-corrected chi connectivity index (χ3v) is 22.2. The topological polar surface area (TPSA) is 416 Å². The first-order chi connectivity index (χ1) is 39.4. The van der Waals surface area contributed by atoms with Crippen LogP contribution in [0.15, 0.2) is 11.6 Å². The summed E-state index contributed by atoms with van der Waals surface area (Å²) in [5.41, 5.74) is -1.68. The molecule has 486 valence electrons. The highest BCUT2D eigenvalue weighted by atomic mass is 16.8. The molecule has 0 amide bonds. The maximum atomic E-state index is 12.9. The van der Waals surface area contributed by atoms with Gasteiger partial charge in [-0.05, 0) is 124 Å². The Kier molecular flexibility index (Phi) is 20.6. The van der Waals surface area contributed by atoms with Crippen molar-refractivity contribution in [1.29, 1.82) is 0 Å². The first kappa shape index (κ1) is 67.1. The van der Waals surface area contributed by atoms with Crippen molar-refractivity contribution in [3.63, 3.8) is 0 Å². The molecule has 0 aromatic heterocycles. The quantitative estimate of drug-likeness (QED) is 0.0507. The minimum atomic E-state index is -1.82. The lowest BCUT2D eigenvalue weighted by molar-refractivity contribution is -0.378. The monoisotopic (exact) mass is 1210 g/mol. The Hall–Kier alpha value is -1.30. The van der Waals surface area contributed by atoms with E-state index in [1.807, 2.05) is 20.8 Å². The lowest BCUT2D eigenvalue weighted by Crippen LogP contribution is -2.68. The summed E-state index contributed by atoms with van der Waals surface area (Å²) in [5, 5.41) is 174. The molecule has 0 aromatic carbocycles. The smallest absolute Gasteiger partial charge is 0.187 e. The number of aliphatic hydroxyl groups is 16. The molecule has 16 N–H and O–H groups in total. The maximum absolute atomic E-state index is 12.9. The summed E-state index contributed by atoms with van der Waals surface area (Å²) in [6.45, 7) is 14.5. The van der Waals surface area contributed by atoms with Crippen LogP contribution in [0.2, 0.25) is 0 Å². The largest absolute Gasteiger partial charge is 0.394 e. The number of hydrogen-bond acceptors (Lipinski definition) is 26. The van der Waals surface area contributed by atoms with E-state index >= 15 is 0 Å². The van der Waals surface area contributed by atoms with E-state index in [1.54, 1.807) is 0 Å². The van der Waals surface area contributed by atoms with Crippen LogP contribution in [0.4, 0.5) is 0 Å². The molecule has 5 aliphatic heterocycles. The number of allylic oxidation sites excluding steroid dienone is 2. The maximum Gasteiger partial charge on any atom is 0.187 e. The minimum absolute atomic E-state index is 0.0238. The van der Waals surface area contributed by atoms with Crippen LogP contribution < -0.4 is 0 Å². The van der Waals surface area contributed by atoms with Gasteiger partial charge in [-0.2, -0.15) is 0 Å². The van der Waals surface area contributed by atoms with Gasteiger partial charge in [0.05, 0.1) is 50.8 Å². The highest BCUT2D eigenvalue weighted by Gasteiger charge is 2.72. The van der Waals surface area contributed by atoms with Gasteiger partial charge >= 0.3 is 0 Å². The zero-order chi connectivity index (χ0) is 61.5. The van der Waals surface area contributed by atoms with Crippen molar-refractivity contribution in [3.05, 3.63) is 11.6 Å². The number of fused-ring (bicyclic) bond motifs is 5. The van der Waals surface area contributed by atoms with Crippen LogP contribution in [0.1, 0.15) is 113 Å². The van der Waals surface area contributed by atoms with Crippen LogP contribution in [0.5, 0.6) is 0 Å². The molecule has 0 bridgehead atoms. The van der Waals surface area contributed by atoms with Gasteiger partial charge in [-0.1, -0.05) is 46.3 Å². The second kappa shape index (κ2) is 25.8. The summed E-state index contributed by atoms with van der Waals surface area (Å²) in [7, 11) is 0. The molecule has 26 heteroatoms. The average molecular weight is 1210 g/mol. The fraction of sp³-hybridized carbons (Fsp3) is 0.966. The molecule has 5 saturated heterocycles. The van der Waals surface area contributed by atoms with Crippen molar-refractivity contribution >= 4 is 0 Å². The molecule has 33 atom stereocenters. The van der Waals surface area contributed by atoms with Crippen LogP contribution in [0, 0.1) is 45.3 Å². The van der Waals surface area contributed by atoms with E-state index in [4.69, 9.17) is 47.4 Å². The summed E-state index contributed by atoms with van der Waals surface area (Å²) in [6.07, 6.45) is -29.8. The van der Waals surface area contributed by atoms with Crippen LogP contribution in [0.25, 0.3) is 0 Å². The predicted molar refractivity (Wildman–Crippen MR) is 287 cm³/mol. The molecule has 11 unspecified atom stereocenters. The van der Waals surface area contributed by atoms with Gasteiger partial charge in [0.2, 0.25) is 0 Å². The molecule has 5 heterocycles. The molecular formula is C58H98O26. The number of rotatable bonds is 17. The molecule has 4 saturated carbocycles. The van der Waals surface area contributed by atoms with Gasteiger partial charge in [-0.25, -0.2) is 0 Å². The summed E-state index contributed by atoms with van der Waals surface area (Å²) in [6, 6.07) is 0. The Morgan fingerprint density at radius 1 is 0.536 bits per heavy atom. The molecule has 0 spiro atoms. The third-order valence-electron chi connectivity index (χ3n) is 22.2. The predicted octanol–water partition coefficient (Wildman–Crippen LogP) is -3.10. The number of hydrogen-bond donors (Lipinski definition) is 16. The van der Waals surface area contributed by atoms with Crippen LogP contribution in [-0.2, 0) is 47.4 Å². The van der Waals surface area contributed by atoms with E-state index in [0.29, 0.717) is 38.5 Å². The first-order valence-corrected chi connectivity index (χ1v) is 30.2. The van der Waals surface area contributed by atoms with E-state index in [-0.39, 0.29) is 47.7 Å². The summed E-state index contributed by atoms with van der Waals surface area (Å²) in [4.78, 5) is 0. The van der Waals surface area contributed by atoms with Crippen LogP contribution in [0.3, 0.4) is 0 Å². The molecule has 26 nitrogen and oxygen atoms in total. The van der Waals surface area contributed by atoms with Crippen molar-refractivity contribution in [1.82, 2.24) is 0 Å². The third kappa shape index (κ3) is 12.0. The Balaban J connectivity index is 0.895. The van der Waals surface area contributed by atoms with Crippen LogP contribution >= 0.6 is 0 Å². The van der Waals surface area contributed by atoms with E-state index in [9.17, 15) is 81.7 Å². The van der Waals surface area contributed by atoms with Crippen molar-refractivity contribution in [3.8, 4) is 0 Å². The van der Waals surface area contributed by atoms with Gasteiger partial charge in [0, 0.05) is 0 Å². The van der Waals surface area contributed by atoms with Gasteiger partial charge in [-0.15, -0.1) is 0 Å². The van der Waals surface area contributed by atoms with E-state index < -0.39 is 190 Å². The highest BCUT2D eigenvalue weighted by molar-refractivity contribution is 5.21. The Bertz CT molecular complexity index is 2210. The molecule has 9 rings (SSSR count). The molecule has 0 aromatic rings. The zero-order valence-electron chi connectivity index (χ0n) is 49.5.